The monoisotopic (exact) mass is 681 g/mol. The van der Waals surface area contributed by atoms with Crippen LogP contribution in [-0.4, -0.2) is 25.5 Å². The van der Waals surface area contributed by atoms with Crippen molar-refractivity contribution >= 4 is 37.1 Å². The van der Waals surface area contributed by atoms with Crippen LogP contribution in [0.1, 0.15) is 0 Å². The van der Waals surface area contributed by atoms with Crippen molar-refractivity contribution in [3.8, 4) is 0 Å². The molecule has 4 aromatic carbocycles. The van der Waals surface area contributed by atoms with Crippen molar-refractivity contribution in [1.29, 1.82) is 0 Å². The number of hydrogen-bond donors (Lipinski definition) is 1. The van der Waals surface area contributed by atoms with E-state index >= 15 is 0 Å². The van der Waals surface area contributed by atoms with Gasteiger partial charge in [-0.05, 0) is 50.4 Å². The van der Waals surface area contributed by atoms with Crippen molar-refractivity contribution in [3.63, 3.8) is 0 Å². The molecule has 0 aliphatic rings. The Balaban J connectivity index is -0.000000144. The number of rotatable bonds is 4. The fraction of sp³-hybridized carbons (Fsp3) is 0.111. The SMILES string of the molecule is CO.CP(c1ccccc1)c1ccccc1.CP(c1ccccc1)c1ccccc1.[Cl-].[Cl-].[Cl-].[Cl-].[Li+].[Ru+3]. The van der Waals surface area contributed by atoms with Gasteiger partial charge in [-0.25, -0.2) is 0 Å². The summed E-state index contributed by atoms with van der Waals surface area (Å²) in [5.74, 6) is 0. The predicted molar refractivity (Wildman–Crippen MR) is 138 cm³/mol. The fourth-order valence-electron chi connectivity index (χ4n) is 2.90. The molecule has 0 spiro atoms. The Bertz CT molecular complexity index is 800. The van der Waals surface area contributed by atoms with Crippen LogP contribution in [0.4, 0.5) is 0 Å². The van der Waals surface area contributed by atoms with Crippen LogP contribution in [-0.2, 0) is 19.5 Å². The maximum atomic E-state index is 7.00. The molecular formula is C27H30Cl4LiOP2Ru. The molecule has 36 heavy (non-hydrogen) atoms. The van der Waals surface area contributed by atoms with Gasteiger partial charge in [-0.15, -0.1) is 0 Å². The summed E-state index contributed by atoms with van der Waals surface area (Å²) in [6.07, 6.45) is 0. The van der Waals surface area contributed by atoms with Crippen LogP contribution in [0, 0.1) is 0 Å². The molecule has 0 heterocycles. The summed E-state index contributed by atoms with van der Waals surface area (Å²) in [5, 5.41) is 12.8. The van der Waals surface area contributed by atoms with Gasteiger partial charge in [0.05, 0.1) is 0 Å². The zero-order valence-electron chi connectivity index (χ0n) is 20.8. The van der Waals surface area contributed by atoms with Gasteiger partial charge in [0.15, 0.2) is 0 Å². The minimum atomic E-state index is -0.171. The van der Waals surface area contributed by atoms with Crippen molar-refractivity contribution < 1.29 is 93.1 Å². The first-order valence-corrected chi connectivity index (χ1v) is 13.5. The Morgan fingerprint density at radius 3 is 0.667 bits per heavy atom. The number of benzene rings is 4. The molecule has 0 aromatic heterocycles. The maximum absolute atomic E-state index is 7.00. The van der Waals surface area contributed by atoms with Crippen LogP contribution in [0.2, 0.25) is 0 Å². The van der Waals surface area contributed by atoms with E-state index in [0.717, 1.165) is 7.11 Å². The van der Waals surface area contributed by atoms with Gasteiger partial charge in [-0.2, -0.15) is 0 Å². The number of aliphatic hydroxyl groups excluding tert-OH is 1. The first-order chi connectivity index (χ1) is 14.8. The van der Waals surface area contributed by atoms with E-state index in [1.807, 2.05) is 0 Å². The van der Waals surface area contributed by atoms with E-state index in [0.29, 0.717) is 0 Å². The van der Waals surface area contributed by atoms with Crippen molar-refractivity contribution in [2.24, 2.45) is 0 Å². The summed E-state index contributed by atoms with van der Waals surface area (Å²) >= 11 is 0. The first-order valence-electron chi connectivity index (χ1n) is 9.88. The van der Waals surface area contributed by atoms with Gasteiger partial charge >= 0.3 is 38.3 Å². The molecule has 0 aliphatic heterocycles. The molecule has 191 valence electrons. The molecule has 1 N–H and O–H groups in total. The molecule has 4 aromatic rings. The standard InChI is InChI=1S/2C13H13P.CH4O.4ClH.Li.Ru/c2*1-14(12-8-4-2-5-9-12)13-10-6-3-7-11-13;1-2;;;;;;/h2*2-11H,1H3;2H,1H3;4*1H;;/q;;;;;;;+1;+3/p-4. The molecule has 4 rings (SSSR count). The third kappa shape index (κ3) is 16.1. The minimum absolute atomic E-state index is 0. The normalized spacial score (nSPS) is 8.28. The third-order valence-corrected chi connectivity index (χ3v) is 8.86. The summed E-state index contributed by atoms with van der Waals surface area (Å²) in [6.45, 7) is 4.61. The molecule has 0 bridgehead atoms. The summed E-state index contributed by atoms with van der Waals surface area (Å²) < 4.78 is 0. The van der Waals surface area contributed by atoms with Crippen molar-refractivity contribution in [3.05, 3.63) is 121 Å². The summed E-state index contributed by atoms with van der Waals surface area (Å²) in [7, 11) is 0.658. The maximum Gasteiger partial charge on any atom is 3.00 e. The summed E-state index contributed by atoms with van der Waals surface area (Å²) in [6, 6.07) is 42.8. The van der Waals surface area contributed by atoms with E-state index in [1.54, 1.807) is 0 Å². The van der Waals surface area contributed by atoms with E-state index in [-0.39, 0.29) is 104 Å². The van der Waals surface area contributed by atoms with Crippen LogP contribution in [0.5, 0.6) is 0 Å². The van der Waals surface area contributed by atoms with Crippen molar-refractivity contribution in [1.82, 2.24) is 0 Å². The Morgan fingerprint density at radius 2 is 0.528 bits per heavy atom. The molecule has 1 radical (unpaired) electrons. The number of hydrogen-bond acceptors (Lipinski definition) is 1. The van der Waals surface area contributed by atoms with Gasteiger partial charge in [0.2, 0.25) is 0 Å². The number of halogens is 4. The third-order valence-electron chi connectivity index (χ3n) is 4.57. The molecule has 0 atom stereocenters. The van der Waals surface area contributed by atoms with Gasteiger partial charge < -0.3 is 54.7 Å². The average molecular weight is 682 g/mol. The quantitative estimate of drug-likeness (QED) is 0.168. The van der Waals surface area contributed by atoms with E-state index in [4.69, 9.17) is 5.11 Å². The number of aliphatic hydroxyl groups is 1. The molecule has 9 heteroatoms. The van der Waals surface area contributed by atoms with Gasteiger partial charge in [-0.1, -0.05) is 121 Å². The van der Waals surface area contributed by atoms with Crippen LogP contribution < -0.4 is 89.7 Å². The molecule has 0 aliphatic carbocycles. The van der Waals surface area contributed by atoms with Crippen LogP contribution in [0.25, 0.3) is 0 Å². The van der Waals surface area contributed by atoms with Crippen molar-refractivity contribution in [2.75, 3.05) is 20.4 Å². The Kier molecular flexibility index (Phi) is 35.9. The topological polar surface area (TPSA) is 20.2 Å². The molecule has 0 saturated carbocycles. The summed E-state index contributed by atoms with van der Waals surface area (Å²) in [4.78, 5) is 0. The molecule has 0 unspecified atom stereocenters. The van der Waals surface area contributed by atoms with Gasteiger partial charge in [0, 0.05) is 7.11 Å². The van der Waals surface area contributed by atoms with Gasteiger partial charge in [-0.3, -0.25) is 0 Å². The van der Waals surface area contributed by atoms with Crippen LogP contribution >= 0.6 is 15.8 Å². The second-order valence-electron chi connectivity index (χ2n) is 6.46. The molecule has 0 fully saturated rings. The molecular weight excluding hydrogens is 652 g/mol. The van der Waals surface area contributed by atoms with Crippen LogP contribution in [0.3, 0.4) is 0 Å². The Hall–Kier alpha value is 0.0808. The molecule has 0 amide bonds. The van der Waals surface area contributed by atoms with Gasteiger partial charge in [0.25, 0.3) is 0 Å². The second kappa shape index (κ2) is 28.1. The first kappa shape index (κ1) is 46.0. The van der Waals surface area contributed by atoms with E-state index in [2.05, 4.69) is 135 Å². The zero-order valence-corrected chi connectivity index (χ0v) is 27.3. The fourth-order valence-corrected chi connectivity index (χ4v) is 5.98. The Labute approximate surface area is 269 Å². The van der Waals surface area contributed by atoms with Crippen molar-refractivity contribution in [2.45, 2.75) is 0 Å². The molecule has 1 nitrogen and oxygen atoms in total. The average Bonchev–Trinajstić information content (AvgIpc) is 2.87. The van der Waals surface area contributed by atoms with Gasteiger partial charge in [0.1, 0.15) is 0 Å². The van der Waals surface area contributed by atoms with E-state index in [9.17, 15) is 0 Å². The largest absolute Gasteiger partial charge is 3.00 e. The smallest absolute Gasteiger partial charge is 1.00 e. The second-order valence-corrected chi connectivity index (χ2v) is 10.8. The van der Waals surface area contributed by atoms with E-state index in [1.165, 1.54) is 21.2 Å². The minimum Gasteiger partial charge on any atom is -1.00 e. The van der Waals surface area contributed by atoms with E-state index < -0.39 is 0 Å². The predicted octanol–water partition coefficient (Wildman–Crippen LogP) is -9.88. The Morgan fingerprint density at radius 1 is 0.389 bits per heavy atom. The summed E-state index contributed by atoms with van der Waals surface area (Å²) in [5.41, 5.74) is 0. The zero-order chi connectivity index (χ0) is 21.6. The van der Waals surface area contributed by atoms with Crippen LogP contribution in [0.15, 0.2) is 121 Å². The molecule has 0 saturated heterocycles.